The molecule has 108 valence electrons. The number of aryl methyl sites for hydroxylation is 2. The molecule has 1 aromatic carbocycles. The van der Waals surface area contributed by atoms with E-state index >= 15 is 0 Å². The van der Waals surface area contributed by atoms with Crippen LogP contribution in [-0.4, -0.2) is 27.9 Å². The van der Waals surface area contributed by atoms with Gasteiger partial charge in [-0.05, 0) is 25.6 Å². The minimum atomic E-state index is 0.451. The first kappa shape index (κ1) is 15.1. The van der Waals surface area contributed by atoms with Crippen molar-refractivity contribution in [2.75, 3.05) is 12.3 Å². The standard InChI is InChI=1S/C16H23N3S/c1-4-17-14(11-16-18-8-9-19(16)3)12-20-15-7-5-6-13(2)10-15/h5-10,14,17H,4,11-12H2,1-3H3. The normalized spacial score (nSPS) is 12.6. The van der Waals surface area contributed by atoms with Gasteiger partial charge in [0.15, 0.2) is 0 Å². The molecule has 0 radical (unpaired) electrons. The Hall–Kier alpha value is -1.26. The summed E-state index contributed by atoms with van der Waals surface area (Å²) in [5.74, 6) is 2.20. The second-order valence-corrected chi connectivity index (χ2v) is 6.13. The lowest BCUT2D eigenvalue weighted by atomic mass is 10.2. The summed E-state index contributed by atoms with van der Waals surface area (Å²) in [6, 6.07) is 9.14. The van der Waals surface area contributed by atoms with Crippen molar-refractivity contribution in [1.29, 1.82) is 0 Å². The van der Waals surface area contributed by atoms with Crippen LogP contribution >= 0.6 is 11.8 Å². The van der Waals surface area contributed by atoms with Crippen molar-refractivity contribution < 1.29 is 0 Å². The zero-order chi connectivity index (χ0) is 14.4. The van der Waals surface area contributed by atoms with Crippen LogP contribution in [0.2, 0.25) is 0 Å². The SMILES string of the molecule is CCNC(CSc1cccc(C)c1)Cc1nccn1C. The number of hydrogen-bond donors (Lipinski definition) is 1. The molecule has 1 atom stereocenters. The Morgan fingerprint density at radius 3 is 2.90 bits per heavy atom. The fraction of sp³-hybridized carbons (Fsp3) is 0.438. The minimum Gasteiger partial charge on any atom is -0.338 e. The molecule has 3 nitrogen and oxygen atoms in total. The van der Waals surface area contributed by atoms with Crippen molar-refractivity contribution in [1.82, 2.24) is 14.9 Å². The summed E-state index contributed by atoms with van der Waals surface area (Å²) >= 11 is 1.91. The van der Waals surface area contributed by atoms with E-state index in [4.69, 9.17) is 0 Å². The average Bonchev–Trinajstić information content (AvgIpc) is 2.82. The van der Waals surface area contributed by atoms with Crippen molar-refractivity contribution in [2.45, 2.75) is 31.2 Å². The molecule has 0 aliphatic rings. The number of likely N-dealkylation sites (N-methyl/N-ethyl adjacent to an activating group) is 1. The molecule has 1 heterocycles. The maximum Gasteiger partial charge on any atom is 0.109 e. The molecule has 0 amide bonds. The Balaban J connectivity index is 1.94. The van der Waals surface area contributed by atoms with E-state index in [9.17, 15) is 0 Å². The monoisotopic (exact) mass is 289 g/mol. The maximum absolute atomic E-state index is 4.42. The molecule has 1 unspecified atom stereocenters. The number of thioether (sulfide) groups is 1. The number of aromatic nitrogens is 2. The highest BCUT2D eigenvalue weighted by Crippen LogP contribution is 2.20. The van der Waals surface area contributed by atoms with Gasteiger partial charge in [0.2, 0.25) is 0 Å². The molecule has 1 aromatic heterocycles. The van der Waals surface area contributed by atoms with Crippen LogP contribution < -0.4 is 5.32 Å². The lowest BCUT2D eigenvalue weighted by molar-refractivity contribution is 0.550. The van der Waals surface area contributed by atoms with Gasteiger partial charge in [0, 0.05) is 42.6 Å². The number of benzene rings is 1. The van der Waals surface area contributed by atoms with Gasteiger partial charge < -0.3 is 9.88 Å². The molecule has 0 fully saturated rings. The van der Waals surface area contributed by atoms with Crippen LogP contribution in [0.15, 0.2) is 41.6 Å². The molecule has 0 saturated carbocycles. The van der Waals surface area contributed by atoms with Gasteiger partial charge in [-0.25, -0.2) is 4.98 Å². The zero-order valence-electron chi connectivity index (χ0n) is 12.5. The molecule has 1 N–H and O–H groups in total. The second-order valence-electron chi connectivity index (χ2n) is 5.04. The number of nitrogens with one attached hydrogen (secondary N) is 1. The van der Waals surface area contributed by atoms with Gasteiger partial charge in [0.25, 0.3) is 0 Å². The number of imidazole rings is 1. The average molecular weight is 289 g/mol. The lowest BCUT2D eigenvalue weighted by Gasteiger charge is -2.17. The molecule has 0 aliphatic heterocycles. The van der Waals surface area contributed by atoms with E-state index in [1.807, 2.05) is 24.2 Å². The number of rotatable bonds is 7. The third-order valence-corrected chi connectivity index (χ3v) is 4.44. The quantitative estimate of drug-likeness (QED) is 0.795. The molecule has 0 spiro atoms. The van der Waals surface area contributed by atoms with Gasteiger partial charge in [-0.3, -0.25) is 0 Å². The van der Waals surface area contributed by atoms with Crippen LogP contribution in [0.4, 0.5) is 0 Å². The van der Waals surface area contributed by atoms with Crippen molar-refractivity contribution >= 4 is 11.8 Å². The fourth-order valence-corrected chi connectivity index (χ4v) is 3.27. The predicted octanol–water partition coefficient (Wildman–Crippen LogP) is 3.04. The maximum atomic E-state index is 4.42. The fourth-order valence-electron chi connectivity index (χ4n) is 2.19. The van der Waals surface area contributed by atoms with Crippen LogP contribution in [0.5, 0.6) is 0 Å². The highest BCUT2D eigenvalue weighted by molar-refractivity contribution is 7.99. The Morgan fingerprint density at radius 2 is 2.25 bits per heavy atom. The van der Waals surface area contributed by atoms with Gasteiger partial charge in [-0.1, -0.05) is 24.6 Å². The zero-order valence-corrected chi connectivity index (χ0v) is 13.3. The highest BCUT2D eigenvalue weighted by atomic mass is 32.2. The molecule has 20 heavy (non-hydrogen) atoms. The summed E-state index contributed by atoms with van der Waals surface area (Å²) < 4.78 is 2.10. The predicted molar refractivity (Wildman–Crippen MR) is 86.3 cm³/mol. The Morgan fingerprint density at radius 1 is 1.40 bits per heavy atom. The summed E-state index contributed by atoms with van der Waals surface area (Å²) in [5, 5.41) is 3.56. The van der Waals surface area contributed by atoms with E-state index < -0.39 is 0 Å². The van der Waals surface area contributed by atoms with Crippen molar-refractivity contribution in [2.24, 2.45) is 7.05 Å². The summed E-state index contributed by atoms with van der Waals surface area (Å²) in [5.41, 5.74) is 1.32. The van der Waals surface area contributed by atoms with Crippen LogP contribution in [0.1, 0.15) is 18.3 Å². The lowest BCUT2D eigenvalue weighted by Crippen LogP contribution is -2.34. The Labute approximate surface area is 125 Å². The van der Waals surface area contributed by atoms with Gasteiger partial charge >= 0.3 is 0 Å². The van der Waals surface area contributed by atoms with E-state index in [0.29, 0.717) is 6.04 Å². The summed E-state index contributed by atoms with van der Waals surface area (Å²) in [6.07, 6.45) is 4.84. The van der Waals surface area contributed by atoms with E-state index in [0.717, 1.165) is 24.5 Å². The Kier molecular flexibility index (Phi) is 5.68. The molecular weight excluding hydrogens is 266 g/mol. The van der Waals surface area contributed by atoms with Crippen LogP contribution in [-0.2, 0) is 13.5 Å². The third-order valence-electron chi connectivity index (χ3n) is 3.28. The molecule has 2 aromatic rings. The largest absolute Gasteiger partial charge is 0.338 e. The molecule has 4 heteroatoms. The highest BCUT2D eigenvalue weighted by Gasteiger charge is 2.12. The first-order chi connectivity index (χ1) is 9.69. The van der Waals surface area contributed by atoms with Gasteiger partial charge in [-0.2, -0.15) is 0 Å². The second kappa shape index (κ2) is 7.50. The minimum absolute atomic E-state index is 0.451. The molecule has 2 rings (SSSR count). The first-order valence-electron chi connectivity index (χ1n) is 7.08. The van der Waals surface area contributed by atoms with Crippen LogP contribution in [0.25, 0.3) is 0 Å². The van der Waals surface area contributed by atoms with Crippen LogP contribution in [0, 0.1) is 6.92 Å². The van der Waals surface area contributed by atoms with Gasteiger partial charge in [-0.15, -0.1) is 11.8 Å². The van der Waals surface area contributed by atoms with Crippen LogP contribution in [0.3, 0.4) is 0 Å². The van der Waals surface area contributed by atoms with E-state index in [1.165, 1.54) is 10.5 Å². The Bertz CT molecular complexity index is 536. The summed E-state index contributed by atoms with van der Waals surface area (Å²) in [6.45, 7) is 5.28. The summed E-state index contributed by atoms with van der Waals surface area (Å²) in [7, 11) is 2.05. The third kappa shape index (κ3) is 4.39. The first-order valence-corrected chi connectivity index (χ1v) is 8.06. The summed E-state index contributed by atoms with van der Waals surface area (Å²) in [4.78, 5) is 5.76. The van der Waals surface area contributed by atoms with Gasteiger partial charge in [0.1, 0.15) is 5.82 Å². The molecule has 0 bridgehead atoms. The molecular formula is C16H23N3S. The van der Waals surface area contributed by atoms with E-state index in [2.05, 4.69) is 60.0 Å². The molecule has 0 aliphatic carbocycles. The number of nitrogens with zero attached hydrogens (tertiary/aromatic N) is 2. The van der Waals surface area contributed by atoms with Crippen molar-refractivity contribution in [3.05, 3.63) is 48.0 Å². The van der Waals surface area contributed by atoms with Gasteiger partial charge in [0.05, 0.1) is 0 Å². The molecule has 0 saturated heterocycles. The van der Waals surface area contributed by atoms with E-state index in [1.54, 1.807) is 0 Å². The van der Waals surface area contributed by atoms with Crippen molar-refractivity contribution in [3.63, 3.8) is 0 Å². The number of hydrogen-bond acceptors (Lipinski definition) is 3. The topological polar surface area (TPSA) is 29.9 Å². The van der Waals surface area contributed by atoms with E-state index in [-0.39, 0.29) is 0 Å². The van der Waals surface area contributed by atoms with Crippen molar-refractivity contribution in [3.8, 4) is 0 Å². The smallest absolute Gasteiger partial charge is 0.109 e.